The second-order valence-corrected chi connectivity index (χ2v) is 5.01. The lowest BCUT2D eigenvalue weighted by atomic mass is 10.3. The monoisotopic (exact) mass is 270 g/mol. The number of likely N-dealkylation sites (tertiary alicyclic amines) is 1. The molecule has 0 spiro atoms. The summed E-state index contributed by atoms with van der Waals surface area (Å²) in [4.78, 5) is 10.6. The number of hydrogen-bond donors (Lipinski definition) is 1. The van der Waals surface area contributed by atoms with Crippen LogP contribution in [0.4, 0.5) is 5.82 Å². The maximum absolute atomic E-state index is 6.06. The quantitative estimate of drug-likeness (QED) is 0.887. The summed E-state index contributed by atoms with van der Waals surface area (Å²) in [5.41, 5.74) is 0. The average Bonchev–Trinajstić information content (AvgIpc) is 2.84. The van der Waals surface area contributed by atoms with Gasteiger partial charge in [0.15, 0.2) is 5.82 Å². The molecule has 1 unspecified atom stereocenters. The number of aromatic nitrogens is 2. The Morgan fingerprint density at radius 2 is 2.22 bits per heavy atom. The zero-order chi connectivity index (χ0) is 13.0. The summed E-state index contributed by atoms with van der Waals surface area (Å²) in [7, 11) is 1.54. The Kier molecular flexibility index (Phi) is 4.60. The number of nitrogens with one attached hydrogen (secondary N) is 1. The first-order chi connectivity index (χ1) is 8.69. The molecule has 18 heavy (non-hydrogen) atoms. The predicted molar refractivity (Wildman–Crippen MR) is 72.4 cm³/mol. The van der Waals surface area contributed by atoms with Gasteiger partial charge in [0.05, 0.1) is 13.3 Å². The van der Waals surface area contributed by atoms with Crippen LogP contribution in [-0.4, -0.2) is 47.7 Å². The molecule has 0 radical (unpaired) electrons. The van der Waals surface area contributed by atoms with Gasteiger partial charge in [-0.2, -0.15) is 4.98 Å². The smallest absolute Gasteiger partial charge is 0.318 e. The van der Waals surface area contributed by atoms with Gasteiger partial charge in [0.25, 0.3) is 0 Å². The second kappa shape index (κ2) is 6.20. The van der Waals surface area contributed by atoms with Gasteiger partial charge in [0.2, 0.25) is 0 Å². The highest BCUT2D eigenvalue weighted by Crippen LogP contribution is 2.21. The number of halogens is 1. The van der Waals surface area contributed by atoms with E-state index >= 15 is 0 Å². The van der Waals surface area contributed by atoms with Crippen molar-refractivity contribution in [1.29, 1.82) is 0 Å². The van der Waals surface area contributed by atoms with Crippen LogP contribution in [0.25, 0.3) is 0 Å². The Bertz CT molecular complexity index is 396. The molecule has 1 atom stereocenters. The summed E-state index contributed by atoms with van der Waals surface area (Å²) >= 11 is 6.06. The van der Waals surface area contributed by atoms with Crippen LogP contribution in [0.2, 0.25) is 5.02 Å². The van der Waals surface area contributed by atoms with E-state index in [9.17, 15) is 0 Å². The largest absolute Gasteiger partial charge is 0.467 e. The van der Waals surface area contributed by atoms with Crippen molar-refractivity contribution in [2.45, 2.75) is 25.8 Å². The van der Waals surface area contributed by atoms with Crippen molar-refractivity contribution < 1.29 is 4.74 Å². The summed E-state index contributed by atoms with van der Waals surface area (Å²) in [6.07, 6.45) is 4.15. The molecule has 1 aliphatic rings. The van der Waals surface area contributed by atoms with E-state index in [0.717, 1.165) is 6.54 Å². The van der Waals surface area contributed by atoms with Gasteiger partial charge in [0, 0.05) is 12.6 Å². The molecule has 1 aromatic heterocycles. The van der Waals surface area contributed by atoms with E-state index in [1.165, 1.54) is 25.9 Å². The fraction of sp³-hybridized carbons (Fsp3) is 0.667. The Morgan fingerprint density at radius 1 is 1.50 bits per heavy atom. The van der Waals surface area contributed by atoms with Gasteiger partial charge in [-0.05, 0) is 32.9 Å². The topological polar surface area (TPSA) is 50.3 Å². The molecule has 6 heteroatoms. The Morgan fingerprint density at radius 3 is 2.89 bits per heavy atom. The van der Waals surface area contributed by atoms with Gasteiger partial charge in [-0.15, -0.1) is 0 Å². The number of rotatable bonds is 5. The lowest BCUT2D eigenvalue weighted by Gasteiger charge is -2.22. The van der Waals surface area contributed by atoms with E-state index in [1.807, 2.05) is 0 Å². The average molecular weight is 271 g/mol. The zero-order valence-electron chi connectivity index (χ0n) is 10.8. The molecule has 2 rings (SSSR count). The van der Waals surface area contributed by atoms with Crippen LogP contribution >= 0.6 is 11.6 Å². The highest BCUT2D eigenvalue weighted by Gasteiger charge is 2.16. The third-order valence-corrected chi connectivity index (χ3v) is 3.30. The molecule has 0 aliphatic carbocycles. The van der Waals surface area contributed by atoms with Crippen LogP contribution in [0, 0.1) is 0 Å². The minimum absolute atomic E-state index is 0.292. The van der Waals surface area contributed by atoms with Gasteiger partial charge in [-0.25, -0.2) is 4.98 Å². The van der Waals surface area contributed by atoms with Crippen molar-refractivity contribution in [3.8, 4) is 6.01 Å². The molecular formula is C12H19ClN4O. The first-order valence-electron chi connectivity index (χ1n) is 6.24. The summed E-state index contributed by atoms with van der Waals surface area (Å²) < 4.78 is 4.99. The molecule has 0 bridgehead atoms. The molecule has 0 aromatic carbocycles. The predicted octanol–water partition coefficient (Wildman–Crippen LogP) is 2.03. The molecule has 0 saturated carbocycles. The molecule has 100 valence electrons. The molecule has 5 nitrogen and oxygen atoms in total. The van der Waals surface area contributed by atoms with Crippen molar-refractivity contribution in [2.24, 2.45) is 0 Å². The minimum Gasteiger partial charge on any atom is -0.467 e. The van der Waals surface area contributed by atoms with E-state index in [1.54, 1.807) is 13.3 Å². The van der Waals surface area contributed by atoms with Crippen LogP contribution in [0.1, 0.15) is 19.8 Å². The number of nitrogens with zero attached hydrogens (tertiary/aromatic N) is 3. The lowest BCUT2D eigenvalue weighted by molar-refractivity contribution is 0.327. The molecule has 1 aromatic rings. The molecular weight excluding hydrogens is 252 g/mol. The van der Waals surface area contributed by atoms with Crippen molar-refractivity contribution in [1.82, 2.24) is 14.9 Å². The molecule has 1 fully saturated rings. The SMILES string of the molecule is COc1ncc(Cl)c(NC(C)CN2CCCC2)n1. The van der Waals surface area contributed by atoms with E-state index in [2.05, 4.69) is 27.1 Å². The highest BCUT2D eigenvalue weighted by atomic mass is 35.5. The Balaban J connectivity index is 1.94. The number of hydrogen-bond acceptors (Lipinski definition) is 5. The van der Waals surface area contributed by atoms with E-state index in [0.29, 0.717) is 22.9 Å². The van der Waals surface area contributed by atoms with Crippen molar-refractivity contribution >= 4 is 17.4 Å². The van der Waals surface area contributed by atoms with Crippen LogP contribution in [-0.2, 0) is 0 Å². The molecule has 2 heterocycles. The standard InChI is InChI=1S/C12H19ClN4O/c1-9(8-17-5-3-4-6-17)15-11-10(13)7-14-12(16-11)18-2/h7,9H,3-6,8H2,1-2H3,(H,14,15,16). The van der Waals surface area contributed by atoms with E-state index < -0.39 is 0 Å². The Hall–Kier alpha value is -1.07. The van der Waals surface area contributed by atoms with Crippen molar-refractivity contribution in [3.05, 3.63) is 11.2 Å². The molecule has 1 saturated heterocycles. The maximum Gasteiger partial charge on any atom is 0.318 e. The molecule has 1 N–H and O–H groups in total. The fourth-order valence-corrected chi connectivity index (χ4v) is 2.33. The Labute approximate surface area is 113 Å². The second-order valence-electron chi connectivity index (χ2n) is 4.61. The fourth-order valence-electron chi connectivity index (χ4n) is 2.18. The van der Waals surface area contributed by atoms with Crippen LogP contribution in [0.15, 0.2) is 6.20 Å². The van der Waals surface area contributed by atoms with Crippen molar-refractivity contribution in [3.63, 3.8) is 0 Å². The number of anilines is 1. The van der Waals surface area contributed by atoms with Crippen LogP contribution in [0.5, 0.6) is 6.01 Å². The molecule has 1 aliphatic heterocycles. The first-order valence-corrected chi connectivity index (χ1v) is 6.62. The first kappa shape index (κ1) is 13.4. The van der Waals surface area contributed by atoms with Gasteiger partial charge >= 0.3 is 6.01 Å². The van der Waals surface area contributed by atoms with Crippen LogP contribution in [0.3, 0.4) is 0 Å². The number of methoxy groups -OCH3 is 1. The lowest BCUT2D eigenvalue weighted by Crippen LogP contribution is -2.33. The minimum atomic E-state index is 0.292. The van der Waals surface area contributed by atoms with E-state index in [4.69, 9.17) is 16.3 Å². The van der Waals surface area contributed by atoms with Gasteiger partial charge in [0.1, 0.15) is 5.02 Å². The third kappa shape index (κ3) is 3.46. The van der Waals surface area contributed by atoms with Gasteiger partial charge < -0.3 is 15.0 Å². The summed E-state index contributed by atoms with van der Waals surface area (Å²) in [5, 5.41) is 3.82. The number of ether oxygens (including phenoxy) is 1. The molecule has 0 amide bonds. The summed E-state index contributed by atoms with van der Waals surface area (Å²) in [6.45, 7) is 5.51. The normalized spacial score (nSPS) is 17.7. The van der Waals surface area contributed by atoms with Gasteiger partial charge in [-0.1, -0.05) is 11.6 Å². The zero-order valence-corrected chi connectivity index (χ0v) is 11.6. The third-order valence-electron chi connectivity index (χ3n) is 3.02. The van der Waals surface area contributed by atoms with E-state index in [-0.39, 0.29) is 0 Å². The summed E-state index contributed by atoms with van der Waals surface area (Å²) in [5.74, 6) is 0.634. The maximum atomic E-state index is 6.06. The van der Waals surface area contributed by atoms with Gasteiger partial charge in [-0.3, -0.25) is 0 Å². The summed E-state index contributed by atoms with van der Waals surface area (Å²) in [6, 6.07) is 0.621. The van der Waals surface area contributed by atoms with Crippen molar-refractivity contribution in [2.75, 3.05) is 32.1 Å². The van der Waals surface area contributed by atoms with Crippen LogP contribution < -0.4 is 10.1 Å². The highest BCUT2D eigenvalue weighted by molar-refractivity contribution is 6.32.